The summed E-state index contributed by atoms with van der Waals surface area (Å²) in [5, 5.41) is 9.15. The van der Waals surface area contributed by atoms with Gasteiger partial charge < -0.3 is 15.1 Å². The van der Waals surface area contributed by atoms with Crippen LogP contribution in [-0.4, -0.2) is 16.9 Å². The standard InChI is InChI=1S/C26H19Cl2N3O3S/c1-15-6-2-3-9-18(15)24(32)29-16-7-4-8-17(14-16)30-26(35)31-25(33)22-13-12-21(34-22)19-10-5-11-20(27)23(19)28/h2-14H,1H3,(H,29,32)(H2,30,31,33,35). The Hall–Kier alpha value is -3.65. The monoisotopic (exact) mass is 523 g/mol. The Labute approximate surface area is 217 Å². The third-order valence-corrected chi connectivity index (χ3v) is 6.06. The molecule has 0 bridgehead atoms. The summed E-state index contributed by atoms with van der Waals surface area (Å²) >= 11 is 17.5. The van der Waals surface area contributed by atoms with Gasteiger partial charge in [0.25, 0.3) is 11.8 Å². The zero-order valence-electron chi connectivity index (χ0n) is 18.4. The average Bonchev–Trinajstić information content (AvgIpc) is 3.31. The van der Waals surface area contributed by atoms with Crippen LogP contribution in [0.15, 0.2) is 83.3 Å². The minimum absolute atomic E-state index is 0.0550. The lowest BCUT2D eigenvalue weighted by molar-refractivity contribution is 0.0950. The van der Waals surface area contributed by atoms with Crippen LogP contribution in [0.25, 0.3) is 11.3 Å². The van der Waals surface area contributed by atoms with Gasteiger partial charge >= 0.3 is 0 Å². The summed E-state index contributed by atoms with van der Waals surface area (Å²) in [5.41, 5.74) is 3.20. The third kappa shape index (κ3) is 5.89. The molecule has 1 heterocycles. The minimum atomic E-state index is -0.532. The van der Waals surface area contributed by atoms with E-state index in [2.05, 4.69) is 16.0 Å². The van der Waals surface area contributed by atoms with Crippen molar-refractivity contribution in [2.24, 2.45) is 0 Å². The molecule has 1 aromatic heterocycles. The first-order chi connectivity index (χ1) is 16.8. The maximum absolute atomic E-state index is 12.6. The zero-order valence-corrected chi connectivity index (χ0v) is 20.7. The number of hydrogen-bond acceptors (Lipinski definition) is 4. The highest BCUT2D eigenvalue weighted by Crippen LogP contribution is 2.34. The summed E-state index contributed by atoms with van der Waals surface area (Å²) in [6, 6.07) is 22.6. The van der Waals surface area contributed by atoms with E-state index in [0.29, 0.717) is 38.3 Å². The summed E-state index contributed by atoms with van der Waals surface area (Å²) in [4.78, 5) is 25.2. The van der Waals surface area contributed by atoms with Crippen LogP contribution in [0.4, 0.5) is 11.4 Å². The van der Waals surface area contributed by atoms with E-state index in [9.17, 15) is 9.59 Å². The minimum Gasteiger partial charge on any atom is -0.451 e. The van der Waals surface area contributed by atoms with Crippen LogP contribution in [0.5, 0.6) is 0 Å². The largest absolute Gasteiger partial charge is 0.451 e. The van der Waals surface area contributed by atoms with E-state index < -0.39 is 5.91 Å². The summed E-state index contributed by atoms with van der Waals surface area (Å²) in [5.74, 6) is -0.293. The van der Waals surface area contributed by atoms with Crippen LogP contribution in [-0.2, 0) is 0 Å². The van der Waals surface area contributed by atoms with E-state index in [1.165, 1.54) is 6.07 Å². The molecule has 0 aliphatic rings. The lowest BCUT2D eigenvalue weighted by Crippen LogP contribution is -2.33. The van der Waals surface area contributed by atoms with Crippen LogP contribution < -0.4 is 16.0 Å². The van der Waals surface area contributed by atoms with Gasteiger partial charge in [-0.15, -0.1) is 0 Å². The first kappa shape index (κ1) is 24.5. The van der Waals surface area contributed by atoms with Crippen LogP contribution in [0.3, 0.4) is 0 Å². The summed E-state index contributed by atoms with van der Waals surface area (Å²) < 4.78 is 5.64. The van der Waals surface area contributed by atoms with Gasteiger partial charge in [-0.1, -0.05) is 53.5 Å². The average molecular weight is 524 g/mol. The van der Waals surface area contributed by atoms with Gasteiger partial charge in [0.1, 0.15) is 5.76 Å². The smallest absolute Gasteiger partial charge is 0.293 e. The Morgan fingerprint density at radius 1 is 0.829 bits per heavy atom. The van der Waals surface area contributed by atoms with Crippen molar-refractivity contribution in [3.8, 4) is 11.3 Å². The molecular weight excluding hydrogens is 505 g/mol. The summed E-state index contributed by atoms with van der Waals surface area (Å²) in [6.07, 6.45) is 0. The van der Waals surface area contributed by atoms with Crippen molar-refractivity contribution >= 4 is 63.7 Å². The van der Waals surface area contributed by atoms with E-state index in [4.69, 9.17) is 39.8 Å². The number of rotatable bonds is 5. The molecule has 0 aliphatic heterocycles. The topological polar surface area (TPSA) is 83.4 Å². The lowest BCUT2D eigenvalue weighted by Gasteiger charge is -2.11. The van der Waals surface area contributed by atoms with Crippen LogP contribution in [0.2, 0.25) is 10.0 Å². The van der Waals surface area contributed by atoms with Crippen molar-refractivity contribution in [3.05, 3.63) is 106 Å². The van der Waals surface area contributed by atoms with E-state index >= 15 is 0 Å². The van der Waals surface area contributed by atoms with E-state index in [0.717, 1.165) is 5.56 Å². The lowest BCUT2D eigenvalue weighted by atomic mass is 10.1. The number of benzene rings is 3. The van der Waals surface area contributed by atoms with Crippen molar-refractivity contribution in [1.82, 2.24) is 5.32 Å². The quantitative estimate of drug-likeness (QED) is 0.246. The van der Waals surface area contributed by atoms with Gasteiger partial charge in [0.05, 0.1) is 10.0 Å². The predicted octanol–water partition coefficient (Wildman–Crippen LogP) is 6.94. The van der Waals surface area contributed by atoms with E-state index in [1.54, 1.807) is 54.6 Å². The van der Waals surface area contributed by atoms with Crippen molar-refractivity contribution in [3.63, 3.8) is 0 Å². The maximum atomic E-state index is 12.6. The Morgan fingerprint density at radius 3 is 2.31 bits per heavy atom. The molecule has 0 fully saturated rings. The Balaban J connectivity index is 1.39. The van der Waals surface area contributed by atoms with Crippen LogP contribution in [0.1, 0.15) is 26.5 Å². The summed E-state index contributed by atoms with van der Waals surface area (Å²) in [6.45, 7) is 1.87. The molecule has 3 N–H and O–H groups in total. The van der Waals surface area contributed by atoms with Crippen molar-refractivity contribution in [2.45, 2.75) is 6.92 Å². The molecule has 0 aliphatic carbocycles. The van der Waals surface area contributed by atoms with Crippen molar-refractivity contribution < 1.29 is 14.0 Å². The van der Waals surface area contributed by atoms with E-state index in [1.807, 2.05) is 25.1 Å². The predicted molar refractivity (Wildman–Crippen MR) is 143 cm³/mol. The highest BCUT2D eigenvalue weighted by Gasteiger charge is 2.16. The number of halogens is 2. The molecule has 0 radical (unpaired) electrons. The van der Waals surface area contributed by atoms with Gasteiger partial charge in [-0.25, -0.2) is 0 Å². The van der Waals surface area contributed by atoms with Crippen molar-refractivity contribution in [1.29, 1.82) is 0 Å². The van der Waals surface area contributed by atoms with Crippen molar-refractivity contribution in [2.75, 3.05) is 10.6 Å². The second-order valence-corrected chi connectivity index (χ2v) is 8.72. The normalized spacial score (nSPS) is 10.5. The molecule has 6 nitrogen and oxygen atoms in total. The fraction of sp³-hybridized carbons (Fsp3) is 0.0385. The molecule has 0 saturated carbocycles. The number of aryl methyl sites for hydroxylation is 1. The van der Waals surface area contributed by atoms with Crippen LogP contribution >= 0.6 is 35.4 Å². The van der Waals surface area contributed by atoms with Crippen LogP contribution in [0, 0.1) is 6.92 Å². The van der Waals surface area contributed by atoms with Gasteiger partial charge in [-0.2, -0.15) is 0 Å². The maximum Gasteiger partial charge on any atom is 0.293 e. The molecule has 35 heavy (non-hydrogen) atoms. The molecule has 0 atom stereocenters. The number of carbonyl (C=O) groups is 2. The van der Waals surface area contributed by atoms with Gasteiger partial charge in [-0.05, 0) is 73.2 Å². The van der Waals surface area contributed by atoms with E-state index in [-0.39, 0.29) is 16.8 Å². The molecule has 4 aromatic rings. The number of thiocarbonyl (C=S) groups is 1. The molecule has 176 valence electrons. The second kappa shape index (κ2) is 10.7. The fourth-order valence-electron chi connectivity index (χ4n) is 3.33. The molecule has 0 spiro atoms. The molecule has 2 amide bonds. The number of amides is 2. The molecule has 3 aromatic carbocycles. The zero-order chi connectivity index (χ0) is 24.9. The fourth-order valence-corrected chi connectivity index (χ4v) is 3.93. The number of anilines is 2. The van der Waals surface area contributed by atoms with Gasteiger partial charge in [0.15, 0.2) is 10.9 Å². The molecule has 9 heteroatoms. The third-order valence-electron chi connectivity index (χ3n) is 5.04. The van der Waals surface area contributed by atoms with Gasteiger partial charge in [0.2, 0.25) is 0 Å². The molecule has 0 saturated heterocycles. The SMILES string of the molecule is Cc1ccccc1C(=O)Nc1cccc(NC(=S)NC(=O)c2ccc(-c3cccc(Cl)c3Cl)o2)c1. The molecule has 0 unspecified atom stereocenters. The Kier molecular flexibility index (Phi) is 7.51. The summed E-state index contributed by atoms with van der Waals surface area (Å²) in [7, 11) is 0. The second-order valence-electron chi connectivity index (χ2n) is 7.52. The van der Waals surface area contributed by atoms with Gasteiger partial charge in [-0.3, -0.25) is 14.9 Å². The highest BCUT2D eigenvalue weighted by molar-refractivity contribution is 7.80. The number of hydrogen-bond donors (Lipinski definition) is 3. The first-order valence-corrected chi connectivity index (χ1v) is 11.6. The number of nitrogens with one attached hydrogen (secondary N) is 3. The molecule has 4 rings (SSSR count). The first-order valence-electron chi connectivity index (χ1n) is 10.5. The number of furan rings is 1. The Bertz CT molecular complexity index is 1430. The highest BCUT2D eigenvalue weighted by atomic mass is 35.5. The Morgan fingerprint density at radius 2 is 1.54 bits per heavy atom. The van der Waals surface area contributed by atoms with Gasteiger partial charge in [0, 0.05) is 22.5 Å². The number of carbonyl (C=O) groups excluding carboxylic acids is 2. The molecular formula is C26H19Cl2N3O3S.